The highest BCUT2D eigenvalue weighted by Crippen LogP contribution is 2.31. The summed E-state index contributed by atoms with van der Waals surface area (Å²) < 4.78 is 5.39. The quantitative estimate of drug-likeness (QED) is 0.825. The summed E-state index contributed by atoms with van der Waals surface area (Å²) in [4.78, 5) is 11.9. The summed E-state index contributed by atoms with van der Waals surface area (Å²) in [5.41, 5.74) is 0.874. The molecule has 0 radical (unpaired) electrons. The van der Waals surface area contributed by atoms with Crippen molar-refractivity contribution in [3.05, 3.63) is 63.6 Å². The molecule has 0 aromatic heterocycles. The second-order valence-electron chi connectivity index (χ2n) is 4.92. The Labute approximate surface area is 149 Å². The Morgan fingerprint density at radius 2 is 1.96 bits per heavy atom. The van der Waals surface area contributed by atoms with Crippen molar-refractivity contribution < 1.29 is 14.6 Å². The van der Waals surface area contributed by atoms with Crippen molar-refractivity contribution in [2.45, 2.75) is 6.10 Å². The van der Waals surface area contributed by atoms with Crippen molar-refractivity contribution in [2.75, 3.05) is 13.2 Å². The highest BCUT2D eigenvalue weighted by atomic mass is 35.5. The molecule has 0 bridgehead atoms. The summed E-state index contributed by atoms with van der Waals surface area (Å²) >= 11 is 11.8. The van der Waals surface area contributed by atoms with Gasteiger partial charge >= 0.3 is 0 Å². The molecule has 1 unspecified atom stereocenters. The topological polar surface area (TPSA) is 82.4 Å². The van der Waals surface area contributed by atoms with E-state index in [9.17, 15) is 9.90 Å². The standard InChI is InChI=1S/C17H14Cl2N2O3/c18-14-2-1-3-15(16(14)19)24-10-13(22)9-21-17(23)12-6-4-11(8-20)5-7-12/h1-7,13,22H,9-10H2,(H,21,23). The highest BCUT2D eigenvalue weighted by molar-refractivity contribution is 6.42. The smallest absolute Gasteiger partial charge is 0.251 e. The predicted octanol–water partition coefficient (Wildman–Crippen LogP) is 3.03. The Morgan fingerprint density at radius 1 is 1.25 bits per heavy atom. The number of aliphatic hydroxyl groups is 1. The number of nitriles is 1. The van der Waals surface area contributed by atoms with E-state index in [1.807, 2.05) is 6.07 Å². The number of halogens is 2. The van der Waals surface area contributed by atoms with Gasteiger partial charge in [0.25, 0.3) is 5.91 Å². The number of carbonyl (C=O) groups excluding carboxylic acids is 1. The molecule has 1 atom stereocenters. The normalized spacial score (nSPS) is 11.4. The number of nitrogens with zero attached hydrogens (tertiary/aromatic N) is 1. The zero-order valence-corrected chi connectivity index (χ0v) is 14.0. The van der Waals surface area contributed by atoms with E-state index in [1.165, 1.54) is 0 Å². The first kappa shape index (κ1) is 18.1. The number of benzene rings is 2. The van der Waals surface area contributed by atoms with Crippen molar-refractivity contribution in [2.24, 2.45) is 0 Å². The summed E-state index contributed by atoms with van der Waals surface area (Å²) in [6.07, 6.45) is -0.914. The Kier molecular flexibility index (Phi) is 6.44. The van der Waals surface area contributed by atoms with Crippen LogP contribution in [0.15, 0.2) is 42.5 Å². The van der Waals surface area contributed by atoms with Crippen LogP contribution < -0.4 is 10.1 Å². The van der Waals surface area contributed by atoms with Crippen molar-refractivity contribution in [1.29, 1.82) is 5.26 Å². The Bertz CT molecular complexity index is 757. The van der Waals surface area contributed by atoms with Crippen molar-refractivity contribution >= 4 is 29.1 Å². The number of nitrogens with one attached hydrogen (secondary N) is 1. The average molecular weight is 365 g/mol. The molecule has 0 saturated carbocycles. The molecule has 2 aromatic carbocycles. The van der Waals surface area contributed by atoms with Gasteiger partial charge in [0.05, 0.1) is 16.7 Å². The van der Waals surface area contributed by atoms with Gasteiger partial charge in [0.1, 0.15) is 23.5 Å². The maximum Gasteiger partial charge on any atom is 0.251 e. The van der Waals surface area contributed by atoms with Crippen LogP contribution in [0.4, 0.5) is 0 Å². The SMILES string of the molecule is N#Cc1ccc(C(=O)NCC(O)COc2cccc(Cl)c2Cl)cc1. The minimum absolute atomic E-state index is 0.0109. The second kappa shape index (κ2) is 8.55. The number of amides is 1. The minimum Gasteiger partial charge on any atom is -0.489 e. The lowest BCUT2D eigenvalue weighted by molar-refractivity contribution is 0.0844. The van der Waals surface area contributed by atoms with Crippen LogP contribution in [-0.4, -0.2) is 30.3 Å². The third-order valence-electron chi connectivity index (χ3n) is 3.12. The monoisotopic (exact) mass is 364 g/mol. The number of aliphatic hydroxyl groups excluding tert-OH is 1. The molecule has 1 amide bonds. The molecule has 0 aliphatic rings. The molecule has 5 nitrogen and oxygen atoms in total. The maximum absolute atomic E-state index is 11.9. The second-order valence-corrected chi connectivity index (χ2v) is 5.70. The lowest BCUT2D eigenvalue weighted by Crippen LogP contribution is -2.35. The van der Waals surface area contributed by atoms with Gasteiger partial charge in [-0.2, -0.15) is 5.26 Å². The molecule has 0 heterocycles. The molecule has 0 aliphatic carbocycles. The van der Waals surface area contributed by atoms with E-state index in [-0.39, 0.29) is 24.1 Å². The van der Waals surface area contributed by atoms with Crippen molar-refractivity contribution in [3.63, 3.8) is 0 Å². The van der Waals surface area contributed by atoms with Crippen molar-refractivity contribution in [3.8, 4) is 11.8 Å². The van der Waals surface area contributed by atoms with E-state index in [1.54, 1.807) is 42.5 Å². The summed E-state index contributed by atoms with van der Waals surface area (Å²) in [6.45, 7) is -0.0370. The third-order valence-corrected chi connectivity index (χ3v) is 3.92. The summed E-state index contributed by atoms with van der Waals surface area (Å²) in [7, 11) is 0. The lowest BCUT2D eigenvalue weighted by atomic mass is 10.1. The maximum atomic E-state index is 11.9. The number of rotatable bonds is 6. The molecular formula is C17H14Cl2N2O3. The Balaban J connectivity index is 1.82. The molecule has 24 heavy (non-hydrogen) atoms. The first-order valence-electron chi connectivity index (χ1n) is 7.04. The molecule has 2 aromatic rings. The van der Waals surface area contributed by atoms with Crippen LogP contribution in [0.25, 0.3) is 0 Å². The lowest BCUT2D eigenvalue weighted by Gasteiger charge is -2.14. The van der Waals surface area contributed by atoms with Crippen LogP contribution >= 0.6 is 23.2 Å². The van der Waals surface area contributed by atoms with Gasteiger partial charge in [0.15, 0.2) is 0 Å². The number of carbonyl (C=O) groups is 1. The van der Waals surface area contributed by atoms with Crippen LogP contribution in [0.3, 0.4) is 0 Å². The van der Waals surface area contributed by atoms with Gasteiger partial charge in [-0.05, 0) is 36.4 Å². The molecular weight excluding hydrogens is 351 g/mol. The van der Waals surface area contributed by atoms with Crippen LogP contribution in [-0.2, 0) is 0 Å². The van der Waals surface area contributed by atoms with Crippen LogP contribution in [0.5, 0.6) is 5.75 Å². The summed E-state index contributed by atoms with van der Waals surface area (Å²) in [5.74, 6) is 0.0148. The van der Waals surface area contributed by atoms with E-state index >= 15 is 0 Å². The highest BCUT2D eigenvalue weighted by Gasteiger charge is 2.12. The van der Waals surface area contributed by atoms with E-state index in [4.69, 9.17) is 33.2 Å². The summed E-state index contributed by atoms with van der Waals surface area (Å²) in [5, 5.41) is 21.8. The zero-order chi connectivity index (χ0) is 17.5. The molecule has 0 spiro atoms. The molecule has 0 saturated heterocycles. The molecule has 7 heteroatoms. The fourth-order valence-corrected chi connectivity index (χ4v) is 2.20. The van der Waals surface area contributed by atoms with Gasteiger partial charge in [-0.3, -0.25) is 4.79 Å². The summed E-state index contributed by atoms with van der Waals surface area (Å²) in [6, 6.07) is 13.1. The zero-order valence-electron chi connectivity index (χ0n) is 12.5. The fourth-order valence-electron chi connectivity index (χ4n) is 1.85. The average Bonchev–Trinajstić information content (AvgIpc) is 2.61. The molecule has 0 aliphatic heterocycles. The van der Waals surface area contributed by atoms with E-state index in [0.717, 1.165) is 0 Å². The first-order valence-corrected chi connectivity index (χ1v) is 7.80. The van der Waals surface area contributed by atoms with Gasteiger partial charge < -0.3 is 15.2 Å². The number of hydrogen-bond acceptors (Lipinski definition) is 4. The van der Waals surface area contributed by atoms with Crippen LogP contribution in [0.2, 0.25) is 10.0 Å². The Hall–Kier alpha value is -2.26. The third kappa shape index (κ3) is 4.87. The van der Waals surface area contributed by atoms with Gasteiger partial charge in [-0.15, -0.1) is 0 Å². The number of ether oxygens (including phenoxy) is 1. The van der Waals surface area contributed by atoms with E-state index in [2.05, 4.69) is 5.32 Å². The molecule has 0 fully saturated rings. The van der Waals surface area contributed by atoms with Gasteiger partial charge in [0.2, 0.25) is 0 Å². The fraction of sp³-hybridized carbons (Fsp3) is 0.176. The van der Waals surface area contributed by atoms with Gasteiger partial charge in [0, 0.05) is 12.1 Å². The molecule has 124 valence electrons. The number of hydrogen-bond donors (Lipinski definition) is 2. The van der Waals surface area contributed by atoms with E-state index in [0.29, 0.717) is 21.9 Å². The predicted molar refractivity (Wildman–Crippen MR) is 91.5 cm³/mol. The van der Waals surface area contributed by atoms with Crippen LogP contribution in [0.1, 0.15) is 15.9 Å². The van der Waals surface area contributed by atoms with Gasteiger partial charge in [-0.25, -0.2) is 0 Å². The van der Waals surface area contributed by atoms with Gasteiger partial charge in [-0.1, -0.05) is 29.3 Å². The largest absolute Gasteiger partial charge is 0.489 e. The first-order chi connectivity index (χ1) is 11.5. The molecule has 2 N–H and O–H groups in total. The van der Waals surface area contributed by atoms with E-state index < -0.39 is 6.10 Å². The van der Waals surface area contributed by atoms with Crippen LogP contribution in [0, 0.1) is 11.3 Å². The minimum atomic E-state index is -0.914. The van der Waals surface area contributed by atoms with Crippen molar-refractivity contribution in [1.82, 2.24) is 5.32 Å². The molecule has 2 rings (SSSR count). The Morgan fingerprint density at radius 3 is 2.62 bits per heavy atom.